The van der Waals surface area contributed by atoms with E-state index in [-0.39, 0.29) is 12.4 Å². The van der Waals surface area contributed by atoms with E-state index in [0.29, 0.717) is 28.1 Å². The van der Waals surface area contributed by atoms with Crippen molar-refractivity contribution in [3.8, 4) is 0 Å². The first kappa shape index (κ1) is 21.8. The Morgan fingerprint density at radius 3 is 2.79 bits per heavy atom. The second-order valence-electron chi connectivity index (χ2n) is 6.91. The van der Waals surface area contributed by atoms with Crippen molar-refractivity contribution < 1.29 is 14.3 Å². The van der Waals surface area contributed by atoms with Gasteiger partial charge in [-0.2, -0.15) is 5.53 Å². The zero-order valence-corrected chi connectivity index (χ0v) is 18.3. The number of thiophene rings is 1. The van der Waals surface area contributed by atoms with Gasteiger partial charge in [-0.05, 0) is 35.7 Å². The number of aromatic nitrogens is 1. The first-order chi connectivity index (χ1) is 16.0. The summed E-state index contributed by atoms with van der Waals surface area (Å²) in [6.45, 7) is -0.211. The number of nitrogens with zero attached hydrogens (tertiary/aromatic N) is 3. The highest BCUT2D eigenvalue weighted by Crippen LogP contribution is 2.35. The minimum Gasteiger partial charge on any atom is -0.468 e. The van der Waals surface area contributed by atoms with Crippen molar-refractivity contribution in [2.24, 2.45) is 16.1 Å². The number of fused-ring (bicyclic) bond motifs is 3. The third-order valence-electron chi connectivity index (χ3n) is 4.86. The van der Waals surface area contributed by atoms with Gasteiger partial charge in [-0.25, -0.2) is 4.98 Å². The number of nitrogens with one attached hydrogen (secondary N) is 3. The van der Waals surface area contributed by atoms with Gasteiger partial charge in [0.1, 0.15) is 12.4 Å². The smallest absolute Gasteiger partial charge is 0.325 e. The summed E-state index contributed by atoms with van der Waals surface area (Å²) in [6.07, 6.45) is 0. The van der Waals surface area contributed by atoms with Crippen molar-refractivity contribution in [3.63, 3.8) is 0 Å². The number of methoxy groups -OCH3 is 1. The SMILES string of the molecule is COC(=O)CNC(=O)c1cccc(Nc2nc3cc(C(N)=NN=N)ccc3c3sccc23)c1. The van der Waals surface area contributed by atoms with E-state index >= 15 is 0 Å². The summed E-state index contributed by atoms with van der Waals surface area (Å²) in [4.78, 5) is 28.4. The largest absolute Gasteiger partial charge is 0.468 e. The molecule has 33 heavy (non-hydrogen) atoms. The van der Waals surface area contributed by atoms with Crippen molar-refractivity contribution >= 4 is 61.5 Å². The Morgan fingerprint density at radius 2 is 2.00 bits per heavy atom. The van der Waals surface area contributed by atoms with Crippen LogP contribution in [0.2, 0.25) is 0 Å². The maximum atomic E-state index is 12.4. The third-order valence-corrected chi connectivity index (χ3v) is 5.80. The molecule has 2 aromatic heterocycles. The predicted octanol–water partition coefficient (Wildman–Crippen LogP) is 3.75. The molecule has 0 aliphatic rings. The molecule has 2 heterocycles. The van der Waals surface area contributed by atoms with E-state index in [1.165, 1.54) is 7.11 Å². The van der Waals surface area contributed by atoms with Gasteiger partial charge in [0.15, 0.2) is 5.84 Å². The highest BCUT2D eigenvalue weighted by molar-refractivity contribution is 7.18. The highest BCUT2D eigenvalue weighted by atomic mass is 32.1. The molecule has 0 unspecified atom stereocenters. The molecule has 0 bridgehead atoms. The average molecular weight is 462 g/mol. The monoisotopic (exact) mass is 461 g/mol. The van der Waals surface area contributed by atoms with Gasteiger partial charge in [0.25, 0.3) is 5.91 Å². The van der Waals surface area contributed by atoms with E-state index in [4.69, 9.17) is 16.2 Å². The van der Waals surface area contributed by atoms with Crippen LogP contribution in [0.4, 0.5) is 11.5 Å². The van der Waals surface area contributed by atoms with Crippen molar-refractivity contribution in [1.82, 2.24) is 10.3 Å². The number of hydrogen-bond acceptors (Lipinski definition) is 8. The summed E-state index contributed by atoms with van der Waals surface area (Å²) < 4.78 is 5.58. The molecule has 0 aliphatic carbocycles. The van der Waals surface area contributed by atoms with Crippen LogP contribution in [0, 0.1) is 5.53 Å². The third kappa shape index (κ3) is 4.62. The van der Waals surface area contributed by atoms with E-state index in [0.717, 1.165) is 15.5 Å². The molecule has 0 aliphatic heterocycles. The lowest BCUT2D eigenvalue weighted by molar-refractivity contribution is -0.139. The van der Waals surface area contributed by atoms with Gasteiger partial charge in [0.2, 0.25) is 0 Å². The number of nitrogens with two attached hydrogens (primary N) is 1. The van der Waals surface area contributed by atoms with E-state index < -0.39 is 11.9 Å². The van der Waals surface area contributed by atoms with Crippen molar-refractivity contribution in [1.29, 1.82) is 5.53 Å². The lowest BCUT2D eigenvalue weighted by Crippen LogP contribution is -2.30. The molecule has 2 aromatic carbocycles. The lowest BCUT2D eigenvalue weighted by Gasteiger charge is -2.11. The van der Waals surface area contributed by atoms with Crippen LogP contribution in [0.15, 0.2) is 64.2 Å². The average Bonchev–Trinajstić information content (AvgIpc) is 3.33. The molecule has 5 N–H and O–H groups in total. The normalized spacial score (nSPS) is 11.4. The Morgan fingerprint density at radius 1 is 1.15 bits per heavy atom. The Bertz CT molecular complexity index is 1410. The number of carbonyl (C=O) groups excluding carboxylic acids is 2. The Kier molecular flexibility index (Phi) is 6.22. The summed E-state index contributed by atoms with van der Waals surface area (Å²) in [6, 6.07) is 14.4. The molecular formula is C22H19N7O3S. The number of anilines is 2. The number of benzene rings is 2. The molecule has 0 radical (unpaired) electrons. The van der Waals surface area contributed by atoms with E-state index in [2.05, 4.69) is 25.7 Å². The first-order valence-corrected chi connectivity index (χ1v) is 10.6. The summed E-state index contributed by atoms with van der Waals surface area (Å²) in [7, 11) is 1.26. The van der Waals surface area contributed by atoms with E-state index in [9.17, 15) is 9.59 Å². The molecule has 11 heteroatoms. The summed E-state index contributed by atoms with van der Waals surface area (Å²) in [5.41, 5.74) is 15.1. The highest BCUT2D eigenvalue weighted by Gasteiger charge is 2.13. The minimum absolute atomic E-state index is 0.125. The second kappa shape index (κ2) is 9.40. The number of ether oxygens (including phenoxy) is 1. The molecular weight excluding hydrogens is 442 g/mol. The molecule has 0 saturated carbocycles. The molecule has 10 nitrogen and oxygen atoms in total. The van der Waals surface area contributed by atoms with Crippen LogP contribution in [0.25, 0.3) is 21.0 Å². The van der Waals surface area contributed by atoms with Gasteiger partial charge in [-0.3, -0.25) is 9.59 Å². The molecule has 4 aromatic rings. The molecule has 166 valence electrons. The molecule has 1 amide bonds. The molecule has 0 saturated heterocycles. The topological polar surface area (TPSA) is 155 Å². The van der Waals surface area contributed by atoms with Crippen molar-refractivity contribution in [2.45, 2.75) is 0 Å². The van der Waals surface area contributed by atoms with Gasteiger partial charge in [0.05, 0.1) is 12.6 Å². The Hall–Kier alpha value is -4.38. The van der Waals surface area contributed by atoms with Crippen LogP contribution in [-0.4, -0.2) is 36.4 Å². The second-order valence-corrected chi connectivity index (χ2v) is 7.82. The van der Waals surface area contributed by atoms with E-state index in [1.54, 1.807) is 35.6 Å². The zero-order chi connectivity index (χ0) is 23.4. The van der Waals surface area contributed by atoms with Gasteiger partial charge < -0.3 is 21.1 Å². The number of esters is 1. The standard InChI is InChI=1S/C22H19N7O3S/c1-32-18(30)11-25-22(31)13-3-2-4-14(9-13)26-21-16-7-8-33-19(16)15-6-5-12(10-17(15)27-21)20(23)28-29-24/h2-10H,11H2,1H3,(H,25,31)(H,26,27)(H3,23,24,28). The number of amidine groups is 1. The number of carbonyl (C=O) groups is 2. The van der Waals surface area contributed by atoms with Crippen LogP contribution in [0.3, 0.4) is 0 Å². The van der Waals surface area contributed by atoms with Crippen molar-refractivity contribution in [2.75, 3.05) is 19.0 Å². The van der Waals surface area contributed by atoms with Gasteiger partial charge >= 0.3 is 5.97 Å². The maximum absolute atomic E-state index is 12.4. The first-order valence-electron chi connectivity index (χ1n) is 9.73. The maximum Gasteiger partial charge on any atom is 0.325 e. The number of amides is 1. The summed E-state index contributed by atoms with van der Waals surface area (Å²) in [5.74, 6) is -0.182. The van der Waals surface area contributed by atoms with Crippen LogP contribution in [0.1, 0.15) is 15.9 Å². The molecule has 0 spiro atoms. The van der Waals surface area contributed by atoms with Gasteiger partial charge in [0, 0.05) is 32.3 Å². The predicted molar refractivity (Wildman–Crippen MR) is 127 cm³/mol. The van der Waals surface area contributed by atoms with Crippen molar-refractivity contribution in [3.05, 3.63) is 65.0 Å². The fourth-order valence-electron chi connectivity index (χ4n) is 3.27. The summed E-state index contributed by atoms with van der Waals surface area (Å²) >= 11 is 1.59. The zero-order valence-electron chi connectivity index (χ0n) is 17.5. The Labute approximate surface area is 192 Å². The van der Waals surface area contributed by atoms with Crippen LogP contribution in [0.5, 0.6) is 0 Å². The number of hydrogen-bond donors (Lipinski definition) is 4. The minimum atomic E-state index is -0.528. The number of pyridine rings is 1. The van der Waals surface area contributed by atoms with Crippen LogP contribution >= 0.6 is 11.3 Å². The Balaban J connectivity index is 1.69. The summed E-state index contributed by atoms with van der Waals surface area (Å²) in [5, 5.41) is 16.2. The van der Waals surface area contributed by atoms with Gasteiger partial charge in [-0.1, -0.05) is 23.4 Å². The van der Waals surface area contributed by atoms with Gasteiger partial charge in [-0.15, -0.1) is 16.4 Å². The fraction of sp³-hybridized carbons (Fsp3) is 0.0909. The van der Waals surface area contributed by atoms with Crippen LogP contribution < -0.4 is 16.4 Å². The van der Waals surface area contributed by atoms with Crippen LogP contribution in [-0.2, 0) is 9.53 Å². The molecule has 0 fully saturated rings. The molecule has 4 rings (SSSR count). The fourth-order valence-corrected chi connectivity index (χ4v) is 4.20. The lowest BCUT2D eigenvalue weighted by atomic mass is 10.1. The van der Waals surface area contributed by atoms with E-state index in [1.807, 2.05) is 29.6 Å². The quantitative estimate of drug-likeness (QED) is 0.108. The molecule has 0 atom stereocenters. The number of rotatable bonds is 7.